The molecule has 0 heterocycles. The zero-order chi connectivity index (χ0) is 33.6. The Balaban J connectivity index is 3.92. The second-order valence-corrected chi connectivity index (χ2v) is 12.1. The summed E-state index contributed by atoms with van der Waals surface area (Å²) in [6, 6.07) is -1.54. The molecule has 1 amide bonds. The van der Waals surface area contributed by atoms with Gasteiger partial charge in [-0.15, -0.1) is 0 Å². The third-order valence-electron chi connectivity index (χ3n) is 6.37. The van der Waals surface area contributed by atoms with E-state index in [1.165, 1.54) is 25.7 Å². The van der Waals surface area contributed by atoms with Gasteiger partial charge >= 0.3 is 19.8 Å². The van der Waals surface area contributed by atoms with E-state index >= 15 is 0 Å². The fourth-order valence-electron chi connectivity index (χ4n) is 3.74. The fraction of sp³-hybridized carbons (Fsp3) is 0.667. The van der Waals surface area contributed by atoms with Crippen molar-refractivity contribution < 1.29 is 47.8 Å². The second-order valence-electron chi connectivity index (χ2n) is 10.6. The molecule has 12 heteroatoms. The van der Waals surface area contributed by atoms with Gasteiger partial charge in [0, 0.05) is 12.8 Å². The van der Waals surface area contributed by atoms with Gasteiger partial charge in [0.05, 0.1) is 13.2 Å². The molecule has 0 fully saturated rings. The molecule has 0 saturated heterocycles. The van der Waals surface area contributed by atoms with Gasteiger partial charge in [0.2, 0.25) is 5.91 Å². The Bertz CT molecular complexity index is 963. The van der Waals surface area contributed by atoms with Crippen molar-refractivity contribution in [3.8, 4) is 0 Å². The Hall–Kier alpha value is -2.56. The number of carboxylic acids is 1. The van der Waals surface area contributed by atoms with Crippen molar-refractivity contribution in [3.05, 3.63) is 48.6 Å². The highest BCUT2D eigenvalue weighted by atomic mass is 31.2. The number of allylic oxidation sites excluding steroid dienone is 8. The molecule has 0 saturated carbocycles. The van der Waals surface area contributed by atoms with Gasteiger partial charge in [0.1, 0.15) is 12.7 Å². The summed E-state index contributed by atoms with van der Waals surface area (Å²) in [4.78, 5) is 44.7. The predicted molar refractivity (Wildman–Crippen MR) is 175 cm³/mol. The molecule has 0 bridgehead atoms. The third kappa shape index (κ3) is 28.6. The lowest BCUT2D eigenvalue weighted by Crippen LogP contribution is -2.43. The summed E-state index contributed by atoms with van der Waals surface area (Å²) in [6.45, 7) is 2.15. The molecular weight excluding hydrogens is 601 g/mol. The molecule has 0 aliphatic heterocycles. The summed E-state index contributed by atoms with van der Waals surface area (Å²) in [7, 11) is -4.73. The summed E-state index contributed by atoms with van der Waals surface area (Å²) in [6.07, 6.45) is 28.8. The quantitative estimate of drug-likeness (QED) is 0.0294. The van der Waals surface area contributed by atoms with Gasteiger partial charge in [0.25, 0.3) is 0 Å². The molecule has 3 atom stereocenters. The molecule has 45 heavy (non-hydrogen) atoms. The first kappa shape index (κ1) is 42.4. The number of phosphoric acid groups is 1. The first-order chi connectivity index (χ1) is 21.6. The van der Waals surface area contributed by atoms with Crippen molar-refractivity contribution in [2.75, 3.05) is 19.8 Å². The van der Waals surface area contributed by atoms with E-state index < -0.39 is 57.6 Å². The summed E-state index contributed by atoms with van der Waals surface area (Å²) >= 11 is 0. The lowest BCUT2D eigenvalue weighted by molar-refractivity contribution is -0.147. The molecule has 0 aliphatic rings. The number of esters is 1. The van der Waals surface area contributed by atoms with Crippen LogP contribution in [0.1, 0.15) is 110 Å². The molecule has 3 unspecified atom stereocenters. The van der Waals surface area contributed by atoms with Gasteiger partial charge in [-0.25, -0.2) is 9.36 Å². The number of phosphoric ester groups is 1. The van der Waals surface area contributed by atoms with Crippen LogP contribution < -0.4 is 5.32 Å². The number of rotatable bonds is 29. The zero-order valence-corrected chi connectivity index (χ0v) is 28.0. The van der Waals surface area contributed by atoms with Gasteiger partial charge in [0.15, 0.2) is 6.04 Å². The second kappa shape index (κ2) is 28.9. The van der Waals surface area contributed by atoms with E-state index in [1.54, 1.807) is 0 Å². The van der Waals surface area contributed by atoms with E-state index in [0.717, 1.165) is 44.9 Å². The summed E-state index contributed by atoms with van der Waals surface area (Å²) in [5, 5.41) is 21.3. The number of hydrogen-bond acceptors (Lipinski definition) is 8. The Labute approximate surface area is 269 Å². The maximum Gasteiger partial charge on any atom is 0.472 e. The van der Waals surface area contributed by atoms with Crippen LogP contribution in [0.4, 0.5) is 0 Å². The highest BCUT2D eigenvalue weighted by molar-refractivity contribution is 7.47. The van der Waals surface area contributed by atoms with Crippen LogP contribution in [0.25, 0.3) is 0 Å². The number of hydrogen-bond donors (Lipinski definition) is 4. The third-order valence-corrected chi connectivity index (χ3v) is 7.32. The number of aliphatic hydroxyl groups is 1. The van der Waals surface area contributed by atoms with Crippen LogP contribution in [0.2, 0.25) is 0 Å². The molecule has 0 spiro atoms. The molecular formula is C33H56NO10P. The van der Waals surface area contributed by atoms with Gasteiger partial charge in [-0.2, -0.15) is 0 Å². The number of nitrogens with one attached hydrogen (secondary N) is 1. The number of carbonyl (C=O) groups is 3. The lowest BCUT2D eigenvalue weighted by Gasteiger charge is -2.18. The molecule has 0 radical (unpaired) electrons. The minimum Gasteiger partial charge on any atom is -0.480 e. The predicted octanol–water partition coefficient (Wildman–Crippen LogP) is 6.71. The van der Waals surface area contributed by atoms with Crippen LogP contribution in [-0.2, 0) is 32.7 Å². The monoisotopic (exact) mass is 657 g/mol. The van der Waals surface area contributed by atoms with Gasteiger partial charge in [-0.3, -0.25) is 18.6 Å². The fourth-order valence-corrected chi connectivity index (χ4v) is 4.52. The van der Waals surface area contributed by atoms with Gasteiger partial charge in [-0.1, -0.05) is 88.1 Å². The Morgan fingerprint density at radius 2 is 1.24 bits per heavy atom. The van der Waals surface area contributed by atoms with Crippen LogP contribution in [-0.4, -0.2) is 64.9 Å². The summed E-state index contributed by atoms with van der Waals surface area (Å²) in [5.74, 6) is -2.47. The number of unbranched alkanes of at least 4 members (excludes halogenated alkanes) is 7. The number of carboxylic acid groups (broad SMARTS) is 1. The Morgan fingerprint density at radius 3 is 1.80 bits per heavy atom. The van der Waals surface area contributed by atoms with Crippen molar-refractivity contribution in [2.45, 2.75) is 122 Å². The van der Waals surface area contributed by atoms with Gasteiger partial charge < -0.3 is 25.2 Å². The highest BCUT2D eigenvalue weighted by Gasteiger charge is 2.28. The number of aliphatic carboxylic acids is 1. The number of carbonyl (C=O) groups excluding carboxylic acids is 2. The molecule has 0 rings (SSSR count). The Morgan fingerprint density at radius 1 is 0.711 bits per heavy atom. The topological polar surface area (TPSA) is 169 Å². The van der Waals surface area contributed by atoms with Crippen LogP contribution in [0.15, 0.2) is 48.6 Å². The average Bonchev–Trinajstić information content (AvgIpc) is 3.01. The number of ether oxygens (including phenoxy) is 1. The molecule has 4 N–H and O–H groups in total. The zero-order valence-electron chi connectivity index (χ0n) is 27.1. The van der Waals surface area contributed by atoms with E-state index in [-0.39, 0.29) is 12.8 Å². The SMILES string of the molecule is CCCCC/C=C\C/C=C\C/C=C\C/C=C\CCCCCC(=O)OCC(O)COP(=O)(O)OCC(NC(=O)CCCC)C(=O)O. The Kier molecular flexibility index (Phi) is 27.2. The molecule has 0 aromatic rings. The first-order valence-electron chi connectivity index (χ1n) is 16.2. The number of amides is 1. The van der Waals surface area contributed by atoms with E-state index in [9.17, 15) is 34.1 Å². The van der Waals surface area contributed by atoms with Crippen molar-refractivity contribution in [2.24, 2.45) is 0 Å². The van der Waals surface area contributed by atoms with Crippen molar-refractivity contribution in [1.29, 1.82) is 0 Å². The van der Waals surface area contributed by atoms with E-state index in [1.807, 2.05) is 6.92 Å². The minimum absolute atomic E-state index is 0.116. The summed E-state index contributed by atoms with van der Waals surface area (Å²) in [5.41, 5.74) is 0. The number of aliphatic hydroxyl groups excluding tert-OH is 1. The van der Waals surface area contributed by atoms with E-state index in [4.69, 9.17) is 4.74 Å². The van der Waals surface area contributed by atoms with Crippen LogP contribution in [0.5, 0.6) is 0 Å². The first-order valence-corrected chi connectivity index (χ1v) is 17.7. The van der Waals surface area contributed by atoms with Crippen LogP contribution in [0.3, 0.4) is 0 Å². The molecule has 0 aromatic carbocycles. The molecule has 258 valence electrons. The maximum absolute atomic E-state index is 12.0. The van der Waals surface area contributed by atoms with Crippen molar-refractivity contribution in [1.82, 2.24) is 5.32 Å². The van der Waals surface area contributed by atoms with Crippen LogP contribution >= 0.6 is 7.82 Å². The smallest absolute Gasteiger partial charge is 0.472 e. The van der Waals surface area contributed by atoms with E-state index in [2.05, 4.69) is 69.9 Å². The highest BCUT2D eigenvalue weighted by Crippen LogP contribution is 2.43. The van der Waals surface area contributed by atoms with E-state index in [0.29, 0.717) is 12.8 Å². The maximum atomic E-state index is 12.0. The average molecular weight is 658 g/mol. The van der Waals surface area contributed by atoms with Crippen LogP contribution in [0, 0.1) is 0 Å². The molecule has 0 aromatic heterocycles. The van der Waals surface area contributed by atoms with Crippen molar-refractivity contribution >= 4 is 25.7 Å². The van der Waals surface area contributed by atoms with Gasteiger partial charge in [-0.05, 0) is 57.8 Å². The normalized spacial score (nSPS) is 14.8. The largest absolute Gasteiger partial charge is 0.480 e. The minimum atomic E-state index is -4.73. The molecule has 11 nitrogen and oxygen atoms in total. The standard InChI is InChI=1S/C33H56NO10P/c1-3-5-7-8-9-10-11-12-13-14-15-16-17-18-19-20-21-22-23-25-32(37)42-26-29(35)27-43-45(40,41)44-28-30(33(38)39)34-31(36)24-6-4-2/h9-10,12-13,15-16,18-19,29-30,35H,3-8,11,14,17,20-28H2,1-2H3,(H,34,36)(H,38,39)(H,40,41)/b10-9-,13-12-,16-15-,19-18-. The summed E-state index contributed by atoms with van der Waals surface area (Å²) < 4.78 is 26.3. The molecule has 0 aliphatic carbocycles. The lowest BCUT2D eigenvalue weighted by atomic mass is 10.1. The van der Waals surface area contributed by atoms with Crippen molar-refractivity contribution in [3.63, 3.8) is 0 Å².